The molecule has 0 atom stereocenters. The molecule has 0 aliphatic heterocycles. The third-order valence-electron chi connectivity index (χ3n) is 6.06. The van der Waals surface area contributed by atoms with Crippen LogP contribution in [0.3, 0.4) is 0 Å². The Balaban J connectivity index is 2.06. The van der Waals surface area contributed by atoms with Crippen molar-refractivity contribution in [2.24, 2.45) is 5.92 Å². The molecule has 1 aliphatic carbocycles. The normalized spacial score (nSPS) is 14.2. The number of hydrogen-bond acceptors (Lipinski definition) is 7. The second-order valence-corrected chi connectivity index (χ2v) is 8.85. The first-order valence-corrected chi connectivity index (χ1v) is 11.6. The molecule has 8 nitrogen and oxygen atoms in total. The maximum Gasteiger partial charge on any atom is 0.256 e. The Morgan fingerprint density at radius 1 is 1.09 bits per heavy atom. The molecule has 180 valence electrons. The second-order valence-electron chi connectivity index (χ2n) is 8.85. The van der Waals surface area contributed by atoms with Gasteiger partial charge in [0.05, 0.1) is 21.3 Å². The molecule has 1 aromatic carbocycles. The summed E-state index contributed by atoms with van der Waals surface area (Å²) in [7, 11) is 6.74. The summed E-state index contributed by atoms with van der Waals surface area (Å²) in [5, 5.41) is 3.01. The average Bonchev–Trinajstić information content (AvgIpc) is 2.85. The summed E-state index contributed by atoms with van der Waals surface area (Å²) in [6.07, 6.45) is 7.44. The summed E-state index contributed by atoms with van der Waals surface area (Å²) in [4.78, 5) is 24.6. The van der Waals surface area contributed by atoms with Gasteiger partial charge in [0.1, 0.15) is 11.4 Å². The smallest absolute Gasteiger partial charge is 0.256 e. The summed E-state index contributed by atoms with van der Waals surface area (Å²) < 4.78 is 16.4. The van der Waals surface area contributed by atoms with Gasteiger partial charge in [-0.15, -0.1) is 0 Å². The van der Waals surface area contributed by atoms with Gasteiger partial charge >= 0.3 is 0 Å². The highest BCUT2D eigenvalue weighted by atomic mass is 16.5. The van der Waals surface area contributed by atoms with Gasteiger partial charge in [-0.1, -0.05) is 33.1 Å². The number of carbonyl (C=O) groups excluding carboxylic acids is 1. The van der Waals surface area contributed by atoms with E-state index in [4.69, 9.17) is 19.2 Å². The van der Waals surface area contributed by atoms with Crippen molar-refractivity contribution in [1.29, 1.82) is 0 Å². The molecule has 33 heavy (non-hydrogen) atoms. The number of benzene rings is 1. The minimum atomic E-state index is -0.155. The minimum absolute atomic E-state index is 0.155. The third-order valence-corrected chi connectivity index (χ3v) is 6.06. The summed E-state index contributed by atoms with van der Waals surface area (Å²) in [6.45, 7) is 4.73. The van der Waals surface area contributed by atoms with E-state index < -0.39 is 0 Å². The van der Waals surface area contributed by atoms with Crippen LogP contribution in [0.1, 0.15) is 56.3 Å². The van der Waals surface area contributed by atoms with Gasteiger partial charge in [-0.3, -0.25) is 4.79 Å². The predicted octanol–water partition coefficient (Wildman–Crippen LogP) is 4.32. The standard InChI is InChI=1S/C25H36N4O4/c1-16(2)14-27-25(30)19-15-26-23(28-24(19)29(3)18-10-8-7-9-11-18)17-12-20(31-4)22(33-6)21(13-17)32-5/h12-13,15-16,18H,7-11,14H2,1-6H3,(H,27,30). The number of amides is 1. The van der Waals surface area contributed by atoms with Crippen molar-refractivity contribution >= 4 is 11.7 Å². The zero-order valence-electron chi connectivity index (χ0n) is 20.6. The zero-order chi connectivity index (χ0) is 24.0. The molecule has 0 saturated heterocycles. The molecule has 0 spiro atoms. The van der Waals surface area contributed by atoms with E-state index >= 15 is 0 Å². The molecule has 1 N–H and O–H groups in total. The van der Waals surface area contributed by atoms with E-state index in [1.165, 1.54) is 19.3 Å². The van der Waals surface area contributed by atoms with Crippen molar-refractivity contribution in [3.63, 3.8) is 0 Å². The molecule has 1 amide bonds. The van der Waals surface area contributed by atoms with Gasteiger partial charge < -0.3 is 24.4 Å². The fourth-order valence-corrected chi connectivity index (χ4v) is 4.18. The SMILES string of the molecule is COc1cc(-c2ncc(C(=O)NCC(C)C)c(N(C)C3CCCCC3)n2)cc(OC)c1OC. The highest BCUT2D eigenvalue weighted by Crippen LogP contribution is 2.41. The Morgan fingerprint density at radius 2 is 1.73 bits per heavy atom. The Labute approximate surface area is 196 Å². The fourth-order valence-electron chi connectivity index (χ4n) is 4.18. The number of rotatable bonds is 9. The molecular formula is C25H36N4O4. The van der Waals surface area contributed by atoms with Gasteiger partial charge in [0.2, 0.25) is 5.75 Å². The van der Waals surface area contributed by atoms with Crippen LogP contribution in [-0.2, 0) is 0 Å². The van der Waals surface area contributed by atoms with Gasteiger partial charge in [-0.05, 0) is 30.9 Å². The Bertz CT molecular complexity index is 932. The molecular weight excluding hydrogens is 420 g/mol. The van der Waals surface area contributed by atoms with Gasteiger partial charge in [0.15, 0.2) is 17.3 Å². The van der Waals surface area contributed by atoms with E-state index in [1.54, 1.807) is 27.5 Å². The summed E-state index contributed by atoms with van der Waals surface area (Å²) >= 11 is 0. The van der Waals surface area contributed by atoms with Crippen LogP contribution in [0.4, 0.5) is 5.82 Å². The van der Waals surface area contributed by atoms with Gasteiger partial charge in [0.25, 0.3) is 5.91 Å². The monoisotopic (exact) mass is 456 g/mol. The topological polar surface area (TPSA) is 85.8 Å². The molecule has 0 bridgehead atoms. The van der Waals surface area contributed by atoms with Crippen molar-refractivity contribution in [2.45, 2.75) is 52.0 Å². The molecule has 3 rings (SSSR count). The lowest BCUT2D eigenvalue weighted by atomic mass is 9.94. The number of hydrogen-bond donors (Lipinski definition) is 1. The number of ether oxygens (including phenoxy) is 3. The van der Waals surface area contributed by atoms with E-state index in [2.05, 4.69) is 29.0 Å². The van der Waals surface area contributed by atoms with Crippen LogP contribution in [-0.4, -0.2) is 56.8 Å². The quantitative estimate of drug-likeness (QED) is 0.601. The van der Waals surface area contributed by atoms with E-state index in [0.717, 1.165) is 18.4 Å². The molecule has 1 fully saturated rings. The molecule has 2 aromatic rings. The van der Waals surface area contributed by atoms with Gasteiger partial charge in [0, 0.05) is 31.4 Å². The van der Waals surface area contributed by atoms with Crippen molar-refractivity contribution in [2.75, 3.05) is 39.8 Å². The number of nitrogens with zero attached hydrogens (tertiary/aromatic N) is 3. The molecule has 1 heterocycles. The summed E-state index contributed by atoms with van der Waals surface area (Å²) in [5.74, 6) is 2.89. The number of carbonyl (C=O) groups is 1. The van der Waals surface area contributed by atoms with Crippen molar-refractivity contribution in [3.05, 3.63) is 23.9 Å². The Kier molecular flexibility index (Phi) is 8.36. The Morgan fingerprint density at radius 3 is 2.27 bits per heavy atom. The average molecular weight is 457 g/mol. The van der Waals surface area contributed by atoms with Crippen LogP contribution in [0.15, 0.2) is 18.3 Å². The molecule has 8 heteroatoms. The van der Waals surface area contributed by atoms with Crippen molar-refractivity contribution in [1.82, 2.24) is 15.3 Å². The molecule has 0 unspecified atom stereocenters. The third kappa shape index (κ3) is 5.67. The highest BCUT2D eigenvalue weighted by Gasteiger charge is 2.25. The van der Waals surface area contributed by atoms with E-state index in [0.29, 0.717) is 53.0 Å². The van der Waals surface area contributed by atoms with E-state index in [1.807, 2.05) is 19.2 Å². The van der Waals surface area contributed by atoms with Crippen molar-refractivity contribution in [3.8, 4) is 28.6 Å². The first kappa shape index (κ1) is 24.6. The summed E-state index contributed by atoms with van der Waals surface area (Å²) in [5.41, 5.74) is 1.21. The predicted molar refractivity (Wildman–Crippen MR) is 130 cm³/mol. The number of anilines is 1. The van der Waals surface area contributed by atoms with Crippen LogP contribution in [0.5, 0.6) is 17.2 Å². The number of methoxy groups -OCH3 is 3. The van der Waals surface area contributed by atoms with Crippen LogP contribution >= 0.6 is 0 Å². The molecule has 0 radical (unpaired) electrons. The fraction of sp³-hybridized carbons (Fsp3) is 0.560. The number of nitrogens with one attached hydrogen (secondary N) is 1. The Hall–Kier alpha value is -3.03. The van der Waals surface area contributed by atoms with E-state index in [-0.39, 0.29) is 5.91 Å². The lowest BCUT2D eigenvalue weighted by Crippen LogP contribution is -2.37. The first-order chi connectivity index (χ1) is 15.9. The van der Waals surface area contributed by atoms with Crippen LogP contribution < -0.4 is 24.4 Å². The first-order valence-electron chi connectivity index (χ1n) is 11.6. The van der Waals surface area contributed by atoms with Gasteiger partial charge in [-0.2, -0.15) is 0 Å². The molecule has 1 saturated carbocycles. The van der Waals surface area contributed by atoms with Crippen LogP contribution in [0.2, 0.25) is 0 Å². The van der Waals surface area contributed by atoms with Crippen molar-refractivity contribution < 1.29 is 19.0 Å². The van der Waals surface area contributed by atoms with Crippen LogP contribution in [0, 0.1) is 5.92 Å². The maximum atomic E-state index is 13.0. The zero-order valence-corrected chi connectivity index (χ0v) is 20.6. The molecule has 1 aromatic heterocycles. The lowest BCUT2D eigenvalue weighted by molar-refractivity contribution is 0.0948. The number of aromatic nitrogens is 2. The molecule has 1 aliphatic rings. The lowest BCUT2D eigenvalue weighted by Gasteiger charge is -2.33. The highest BCUT2D eigenvalue weighted by molar-refractivity contribution is 5.99. The van der Waals surface area contributed by atoms with E-state index in [9.17, 15) is 4.79 Å². The van der Waals surface area contributed by atoms with Gasteiger partial charge in [-0.25, -0.2) is 9.97 Å². The largest absolute Gasteiger partial charge is 0.493 e. The summed E-state index contributed by atoms with van der Waals surface area (Å²) in [6, 6.07) is 3.98. The second kappa shape index (κ2) is 11.2. The maximum absolute atomic E-state index is 13.0. The minimum Gasteiger partial charge on any atom is -0.493 e. The van der Waals surface area contributed by atoms with Crippen LogP contribution in [0.25, 0.3) is 11.4 Å².